The highest BCUT2D eigenvalue weighted by Crippen LogP contribution is 2.17. The fourth-order valence-electron chi connectivity index (χ4n) is 1.83. The molecule has 86 valence electrons. The molecule has 0 amide bonds. The van der Waals surface area contributed by atoms with Crippen molar-refractivity contribution >= 4 is 21.7 Å². The van der Waals surface area contributed by atoms with Gasteiger partial charge in [-0.3, -0.25) is 4.79 Å². The van der Waals surface area contributed by atoms with Crippen molar-refractivity contribution in [1.29, 1.82) is 0 Å². The summed E-state index contributed by atoms with van der Waals surface area (Å²) in [6.07, 6.45) is 0.925. The van der Waals surface area contributed by atoms with Crippen LogP contribution in [0.4, 0.5) is 4.39 Å². The van der Waals surface area contributed by atoms with Crippen LogP contribution < -0.4 is 5.32 Å². The van der Waals surface area contributed by atoms with Crippen molar-refractivity contribution in [2.75, 3.05) is 13.1 Å². The molecule has 1 fully saturated rings. The van der Waals surface area contributed by atoms with Crippen LogP contribution in [0.1, 0.15) is 12.0 Å². The first-order valence-corrected chi connectivity index (χ1v) is 6.10. The van der Waals surface area contributed by atoms with Crippen molar-refractivity contribution in [3.63, 3.8) is 0 Å². The summed E-state index contributed by atoms with van der Waals surface area (Å²) in [6.45, 7) is 1.86. The minimum Gasteiger partial charge on any atom is -0.316 e. The van der Waals surface area contributed by atoms with Gasteiger partial charge in [-0.25, -0.2) is 4.39 Å². The molecular formula is C12H13BrFNO. The lowest BCUT2D eigenvalue weighted by molar-refractivity contribution is -0.119. The third-order valence-corrected chi connectivity index (χ3v) is 3.16. The zero-order valence-corrected chi connectivity index (χ0v) is 10.4. The lowest BCUT2D eigenvalue weighted by atomic mass is 9.94. The van der Waals surface area contributed by atoms with Gasteiger partial charge in [0, 0.05) is 17.3 Å². The van der Waals surface area contributed by atoms with Crippen molar-refractivity contribution in [1.82, 2.24) is 5.32 Å². The predicted molar refractivity (Wildman–Crippen MR) is 63.8 cm³/mol. The molecule has 4 heteroatoms. The summed E-state index contributed by atoms with van der Waals surface area (Å²) in [5.41, 5.74) is 0.740. The molecule has 1 aliphatic heterocycles. The fourth-order valence-corrected chi connectivity index (χ4v) is 2.34. The van der Waals surface area contributed by atoms with E-state index in [1.54, 1.807) is 6.07 Å². The quantitative estimate of drug-likeness (QED) is 0.920. The Morgan fingerprint density at radius 2 is 2.19 bits per heavy atom. The van der Waals surface area contributed by atoms with Crippen molar-refractivity contribution in [2.45, 2.75) is 12.8 Å². The summed E-state index contributed by atoms with van der Waals surface area (Å²) >= 11 is 3.22. The molecule has 0 radical (unpaired) electrons. The van der Waals surface area contributed by atoms with Gasteiger partial charge in [0.05, 0.1) is 0 Å². The Hall–Kier alpha value is -0.740. The summed E-state index contributed by atoms with van der Waals surface area (Å²) in [6, 6.07) is 4.60. The highest BCUT2D eigenvalue weighted by Gasteiger charge is 2.20. The van der Waals surface area contributed by atoms with Crippen LogP contribution in [0.3, 0.4) is 0 Å². The zero-order chi connectivity index (χ0) is 11.5. The summed E-state index contributed by atoms with van der Waals surface area (Å²) in [5, 5.41) is 3.13. The van der Waals surface area contributed by atoms with Crippen molar-refractivity contribution in [2.24, 2.45) is 5.92 Å². The van der Waals surface area contributed by atoms with Crippen LogP contribution in [-0.4, -0.2) is 18.9 Å². The van der Waals surface area contributed by atoms with Crippen molar-refractivity contribution in [3.8, 4) is 0 Å². The number of Topliss-reactive ketones (excluding diaryl/α,β-unsaturated/α-hetero) is 1. The molecule has 0 saturated carbocycles. The number of hydrogen-bond donors (Lipinski definition) is 1. The number of benzene rings is 1. The molecule has 2 rings (SSSR count). The zero-order valence-electron chi connectivity index (χ0n) is 8.80. The molecule has 1 aliphatic rings. The summed E-state index contributed by atoms with van der Waals surface area (Å²) in [4.78, 5) is 11.7. The second-order valence-electron chi connectivity index (χ2n) is 4.22. The Bertz CT molecular complexity index is 384. The molecule has 1 heterocycles. The lowest BCUT2D eigenvalue weighted by Gasteiger charge is -2.26. The third-order valence-electron chi connectivity index (χ3n) is 2.71. The van der Waals surface area contributed by atoms with Gasteiger partial charge >= 0.3 is 0 Å². The van der Waals surface area contributed by atoms with Crippen LogP contribution in [0.15, 0.2) is 22.7 Å². The number of hydrogen-bond acceptors (Lipinski definition) is 2. The van der Waals surface area contributed by atoms with Gasteiger partial charge in [-0.05, 0) is 42.8 Å². The molecule has 1 aromatic carbocycles. The normalized spacial score (nSPS) is 15.9. The predicted octanol–water partition coefficient (Wildman–Crippen LogP) is 2.31. The SMILES string of the molecule is O=C(Cc1cc(F)cc(Br)c1)CC1CNC1. The number of carbonyl (C=O) groups excluding carboxylic acids is 1. The number of halogens is 2. The number of ketones is 1. The average Bonchev–Trinajstić information content (AvgIpc) is 2.09. The first-order chi connectivity index (χ1) is 7.63. The summed E-state index contributed by atoms with van der Waals surface area (Å²) in [5.74, 6) is 0.357. The number of carbonyl (C=O) groups is 1. The second-order valence-corrected chi connectivity index (χ2v) is 5.14. The van der Waals surface area contributed by atoms with Gasteiger partial charge < -0.3 is 5.32 Å². The largest absolute Gasteiger partial charge is 0.316 e. The van der Waals surface area contributed by atoms with E-state index in [9.17, 15) is 9.18 Å². The van der Waals surface area contributed by atoms with E-state index in [0.717, 1.165) is 18.7 Å². The smallest absolute Gasteiger partial charge is 0.137 e. The maximum Gasteiger partial charge on any atom is 0.137 e. The van der Waals surface area contributed by atoms with Gasteiger partial charge in [0.2, 0.25) is 0 Å². The van der Waals surface area contributed by atoms with E-state index in [2.05, 4.69) is 21.2 Å². The van der Waals surface area contributed by atoms with Gasteiger partial charge in [0.25, 0.3) is 0 Å². The van der Waals surface area contributed by atoms with Gasteiger partial charge in [-0.2, -0.15) is 0 Å². The van der Waals surface area contributed by atoms with Crippen LogP contribution in [-0.2, 0) is 11.2 Å². The van der Waals surface area contributed by atoms with Crippen LogP contribution >= 0.6 is 15.9 Å². The van der Waals surface area contributed by atoms with E-state index in [1.807, 2.05) is 0 Å². The Kier molecular flexibility index (Phi) is 3.71. The van der Waals surface area contributed by atoms with E-state index in [0.29, 0.717) is 23.2 Å². The molecule has 0 aliphatic carbocycles. The molecule has 1 saturated heterocycles. The first kappa shape index (κ1) is 11.7. The molecule has 16 heavy (non-hydrogen) atoms. The van der Waals surface area contributed by atoms with Gasteiger partial charge in [-0.1, -0.05) is 15.9 Å². The Morgan fingerprint density at radius 1 is 1.44 bits per heavy atom. The van der Waals surface area contributed by atoms with Crippen LogP contribution in [0.5, 0.6) is 0 Å². The third kappa shape index (κ3) is 3.12. The molecule has 1 aromatic rings. The van der Waals surface area contributed by atoms with E-state index in [-0.39, 0.29) is 11.6 Å². The van der Waals surface area contributed by atoms with Crippen molar-refractivity contribution < 1.29 is 9.18 Å². The topological polar surface area (TPSA) is 29.1 Å². The molecule has 0 bridgehead atoms. The van der Waals surface area contributed by atoms with Crippen LogP contribution in [0, 0.1) is 11.7 Å². The molecule has 2 nitrogen and oxygen atoms in total. The first-order valence-electron chi connectivity index (χ1n) is 5.31. The number of rotatable bonds is 4. The molecule has 1 N–H and O–H groups in total. The second kappa shape index (κ2) is 5.06. The van der Waals surface area contributed by atoms with Crippen LogP contribution in [0.2, 0.25) is 0 Å². The van der Waals surface area contributed by atoms with Crippen molar-refractivity contribution in [3.05, 3.63) is 34.1 Å². The molecule has 0 atom stereocenters. The minimum absolute atomic E-state index is 0.184. The average molecular weight is 286 g/mol. The van der Waals surface area contributed by atoms with E-state index < -0.39 is 0 Å². The highest BCUT2D eigenvalue weighted by molar-refractivity contribution is 9.10. The van der Waals surface area contributed by atoms with E-state index in [1.165, 1.54) is 12.1 Å². The van der Waals surface area contributed by atoms with Gasteiger partial charge in [0.1, 0.15) is 11.6 Å². The highest BCUT2D eigenvalue weighted by atomic mass is 79.9. The number of nitrogens with one attached hydrogen (secondary N) is 1. The standard InChI is InChI=1S/C12H13BrFNO/c13-10-1-8(2-11(14)5-10)3-12(16)4-9-6-15-7-9/h1-2,5,9,15H,3-4,6-7H2. The van der Waals surface area contributed by atoms with Crippen LogP contribution in [0.25, 0.3) is 0 Å². The Labute approximate surface area is 102 Å². The Balaban J connectivity index is 1.94. The maximum atomic E-state index is 13.1. The monoisotopic (exact) mass is 285 g/mol. The minimum atomic E-state index is -0.303. The maximum absolute atomic E-state index is 13.1. The molecule has 0 aromatic heterocycles. The van der Waals surface area contributed by atoms with E-state index in [4.69, 9.17) is 0 Å². The molecular weight excluding hydrogens is 273 g/mol. The molecule has 0 spiro atoms. The summed E-state index contributed by atoms with van der Waals surface area (Å²) < 4.78 is 13.7. The lowest BCUT2D eigenvalue weighted by Crippen LogP contribution is -2.43. The molecule has 0 unspecified atom stereocenters. The van der Waals surface area contributed by atoms with Gasteiger partial charge in [-0.15, -0.1) is 0 Å². The van der Waals surface area contributed by atoms with Gasteiger partial charge in [0.15, 0.2) is 0 Å². The Morgan fingerprint density at radius 3 is 2.75 bits per heavy atom. The summed E-state index contributed by atoms with van der Waals surface area (Å²) in [7, 11) is 0. The van der Waals surface area contributed by atoms with E-state index >= 15 is 0 Å². The fraction of sp³-hybridized carbons (Fsp3) is 0.417.